The fourth-order valence-electron chi connectivity index (χ4n) is 3.88. The zero-order chi connectivity index (χ0) is 19.5. The third-order valence-corrected chi connectivity index (χ3v) is 5.42. The molecule has 6 nitrogen and oxygen atoms in total. The summed E-state index contributed by atoms with van der Waals surface area (Å²) in [7, 11) is 0. The molecule has 2 aromatic rings. The van der Waals surface area contributed by atoms with Gasteiger partial charge < -0.3 is 14.5 Å². The van der Waals surface area contributed by atoms with Gasteiger partial charge >= 0.3 is 0 Å². The molecule has 0 saturated heterocycles. The number of hydrogen-bond donors (Lipinski definition) is 1. The van der Waals surface area contributed by atoms with E-state index in [1.165, 1.54) is 12.8 Å². The third-order valence-electron chi connectivity index (χ3n) is 5.42. The highest BCUT2D eigenvalue weighted by Crippen LogP contribution is 2.33. The minimum atomic E-state index is 0.0497. The Kier molecular flexibility index (Phi) is 5.67. The molecule has 1 aromatic heterocycles. The van der Waals surface area contributed by atoms with Gasteiger partial charge in [-0.15, -0.1) is 0 Å². The monoisotopic (exact) mass is 383 g/mol. The zero-order valence-electron chi connectivity index (χ0n) is 16.8. The Hall–Kier alpha value is -2.34. The van der Waals surface area contributed by atoms with Crippen molar-refractivity contribution in [2.45, 2.75) is 52.6 Å². The van der Waals surface area contributed by atoms with E-state index in [4.69, 9.17) is 14.5 Å². The molecule has 6 heteroatoms. The van der Waals surface area contributed by atoms with Crippen molar-refractivity contribution in [3.05, 3.63) is 51.2 Å². The Balaban J connectivity index is 1.54. The van der Waals surface area contributed by atoms with Crippen LogP contribution in [0.4, 0.5) is 0 Å². The van der Waals surface area contributed by atoms with E-state index in [0.29, 0.717) is 25.7 Å². The first-order chi connectivity index (χ1) is 13.7. The van der Waals surface area contributed by atoms with E-state index in [1.54, 1.807) is 0 Å². The molecule has 1 saturated carbocycles. The van der Waals surface area contributed by atoms with Gasteiger partial charge in [0.25, 0.3) is 5.56 Å². The number of H-pyrrole nitrogens is 1. The summed E-state index contributed by atoms with van der Waals surface area (Å²) in [5.41, 5.74) is 2.95. The molecule has 1 aliphatic heterocycles. The Morgan fingerprint density at radius 3 is 2.79 bits per heavy atom. The van der Waals surface area contributed by atoms with Gasteiger partial charge in [-0.25, -0.2) is 4.98 Å². The van der Waals surface area contributed by atoms with Crippen LogP contribution in [0.15, 0.2) is 23.0 Å². The van der Waals surface area contributed by atoms with Crippen LogP contribution in [0.1, 0.15) is 49.3 Å². The Labute approximate surface area is 165 Å². The first-order valence-electron chi connectivity index (χ1n) is 10.4. The zero-order valence-corrected chi connectivity index (χ0v) is 16.8. The van der Waals surface area contributed by atoms with Gasteiger partial charge in [0.2, 0.25) is 0 Å². The Bertz CT molecular complexity index is 889. The first-order valence-corrected chi connectivity index (χ1v) is 10.4. The van der Waals surface area contributed by atoms with Crippen LogP contribution in [0, 0.1) is 5.92 Å². The molecular formula is C22H29N3O3. The maximum atomic E-state index is 12.5. The normalized spacial score (nSPS) is 16.6. The first kappa shape index (κ1) is 19.0. The van der Waals surface area contributed by atoms with Crippen LogP contribution in [0.25, 0.3) is 0 Å². The summed E-state index contributed by atoms with van der Waals surface area (Å²) in [6, 6.07) is 6.05. The Morgan fingerprint density at radius 1 is 1.21 bits per heavy atom. The molecule has 1 N–H and O–H groups in total. The average molecular weight is 383 g/mol. The quantitative estimate of drug-likeness (QED) is 0.759. The van der Waals surface area contributed by atoms with Gasteiger partial charge in [-0.3, -0.25) is 9.69 Å². The minimum absolute atomic E-state index is 0.0497. The fourth-order valence-corrected chi connectivity index (χ4v) is 3.88. The van der Waals surface area contributed by atoms with E-state index in [2.05, 4.69) is 16.0 Å². The van der Waals surface area contributed by atoms with E-state index in [1.807, 2.05) is 26.0 Å². The van der Waals surface area contributed by atoms with Crippen molar-refractivity contribution in [2.75, 3.05) is 19.8 Å². The number of benzene rings is 1. The van der Waals surface area contributed by atoms with Crippen LogP contribution in [-0.2, 0) is 25.9 Å². The van der Waals surface area contributed by atoms with E-state index in [0.717, 1.165) is 60.1 Å². The maximum Gasteiger partial charge on any atom is 0.254 e. The van der Waals surface area contributed by atoms with Gasteiger partial charge in [0.15, 0.2) is 11.5 Å². The van der Waals surface area contributed by atoms with Crippen molar-refractivity contribution in [3.8, 4) is 11.5 Å². The summed E-state index contributed by atoms with van der Waals surface area (Å²) in [4.78, 5) is 22.6. The van der Waals surface area contributed by atoms with Crippen molar-refractivity contribution in [1.82, 2.24) is 14.9 Å². The molecule has 1 fully saturated rings. The van der Waals surface area contributed by atoms with E-state index in [9.17, 15) is 4.79 Å². The van der Waals surface area contributed by atoms with Crippen LogP contribution in [0.3, 0.4) is 0 Å². The number of fused-ring (bicyclic) bond motifs is 1. The molecule has 150 valence electrons. The summed E-state index contributed by atoms with van der Waals surface area (Å²) in [6.45, 7) is 7.46. The van der Waals surface area contributed by atoms with Gasteiger partial charge in [-0.05, 0) is 45.1 Å². The molecular weight excluding hydrogens is 354 g/mol. The largest absolute Gasteiger partial charge is 0.490 e. The van der Waals surface area contributed by atoms with Crippen LogP contribution >= 0.6 is 0 Å². The molecule has 1 aromatic carbocycles. The predicted octanol–water partition coefficient (Wildman–Crippen LogP) is 3.08. The van der Waals surface area contributed by atoms with E-state index >= 15 is 0 Å². The number of rotatable bonds is 8. The smallest absolute Gasteiger partial charge is 0.254 e. The highest BCUT2D eigenvalue weighted by Gasteiger charge is 2.26. The molecule has 4 rings (SSSR count). The molecule has 28 heavy (non-hydrogen) atoms. The fraction of sp³-hybridized carbons (Fsp3) is 0.545. The molecule has 0 radical (unpaired) electrons. The van der Waals surface area contributed by atoms with Crippen LogP contribution < -0.4 is 15.0 Å². The highest BCUT2D eigenvalue weighted by atomic mass is 16.5. The summed E-state index contributed by atoms with van der Waals surface area (Å²) < 4.78 is 11.6. The summed E-state index contributed by atoms with van der Waals surface area (Å²) in [5, 5.41) is 0. The topological polar surface area (TPSA) is 67.5 Å². The number of ether oxygens (including phenoxy) is 2. The van der Waals surface area contributed by atoms with E-state index < -0.39 is 0 Å². The van der Waals surface area contributed by atoms with E-state index in [-0.39, 0.29) is 5.56 Å². The van der Waals surface area contributed by atoms with Gasteiger partial charge in [0, 0.05) is 37.2 Å². The standard InChI is InChI=1S/C22H29N3O3/c1-3-27-19-7-5-6-16(21(19)28-4-2)13-25-11-10-17-18(14-25)23-20(24-22(17)26)12-15-8-9-15/h5-7,15H,3-4,8-14H2,1-2H3,(H,23,24,26). The van der Waals surface area contributed by atoms with Gasteiger partial charge in [-0.1, -0.05) is 12.1 Å². The predicted molar refractivity (Wildman–Crippen MR) is 108 cm³/mol. The summed E-state index contributed by atoms with van der Waals surface area (Å²) >= 11 is 0. The molecule has 2 heterocycles. The lowest BCUT2D eigenvalue weighted by Crippen LogP contribution is -2.35. The van der Waals surface area contributed by atoms with Gasteiger partial charge in [-0.2, -0.15) is 0 Å². The minimum Gasteiger partial charge on any atom is -0.490 e. The Morgan fingerprint density at radius 2 is 2.04 bits per heavy atom. The SMILES string of the molecule is CCOc1cccc(CN2CCc3c(nc(CC4CC4)[nH]c3=O)C2)c1OCC. The second-order valence-corrected chi connectivity index (χ2v) is 7.66. The van der Waals surface area contributed by atoms with Crippen LogP contribution in [0.2, 0.25) is 0 Å². The number of nitrogens with zero attached hydrogens (tertiary/aromatic N) is 2. The average Bonchev–Trinajstić information content (AvgIpc) is 3.48. The molecule has 0 amide bonds. The lowest BCUT2D eigenvalue weighted by Gasteiger charge is -2.28. The maximum absolute atomic E-state index is 12.5. The number of nitrogens with one attached hydrogen (secondary N) is 1. The number of para-hydroxylation sites is 1. The number of aromatic amines is 1. The molecule has 2 aliphatic rings. The number of aromatic nitrogens is 2. The second kappa shape index (κ2) is 8.35. The summed E-state index contributed by atoms with van der Waals surface area (Å²) in [6.07, 6.45) is 4.14. The molecule has 1 aliphatic carbocycles. The molecule has 0 unspecified atom stereocenters. The third kappa shape index (κ3) is 4.22. The van der Waals surface area contributed by atoms with Crippen LogP contribution in [-0.4, -0.2) is 34.6 Å². The lowest BCUT2D eigenvalue weighted by molar-refractivity contribution is 0.230. The van der Waals surface area contributed by atoms with Gasteiger partial charge in [0.1, 0.15) is 5.82 Å². The lowest BCUT2D eigenvalue weighted by atomic mass is 10.0. The molecule has 0 spiro atoms. The van der Waals surface area contributed by atoms with Crippen molar-refractivity contribution in [2.24, 2.45) is 5.92 Å². The second-order valence-electron chi connectivity index (χ2n) is 7.66. The van der Waals surface area contributed by atoms with Crippen LogP contribution in [0.5, 0.6) is 11.5 Å². The molecule has 0 bridgehead atoms. The molecule has 0 atom stereocenters. The highest BCUT2D eigenvalue weighted by molar-refractivity contribution is 5.46. The summed E-state index contributed by atoms with van der Waals surface area (Å²) in [5.74, 6) is 3.17. The van der Waals surface area contributed by atoms with Crippen molar-refractivity contribution in [1.29, 1.82) is 0 Å². The van der Waals surface area contributed by atoms with Crippen molar-refractivity contribution < 1.29 is 9.47 Å². The van der Waals surface area contributed by atoms with Gasteiger partial charge in [0.05, 0.1) is 18.9 Å². The van der Waals surface area contributed by atoms with Crippen molar-refractivity contribution >= 4 is 0 Å². The number of hydrogen-bond acceptors (Lipinski definition) is 5. The van der Waals surface area contributed by atoms with Crippen molar-refractivity contribution in [3.63, 3.8) is 0 Å².